The Labute approximate surface area is 161 Å². The molecule has 0 N–H and O–H groups in total. The summed E-state index contributed by atoms with van der Waals surface area (Å²) in [5.74, 6) is 1.06. The molecule has 0 saturated carbocycles. The molecule has 0 radical (unpaired) electrons. The third-order valence-electron chi connectivity index (χ3n) is 3.92. The molecule has 0 rings (SSSR count). The fraction of sp³-hybridized carbons (Fsp3) is 0.857. The molecular weight excluding hydrogens is 328 g/mol. The van der Waals surface area contributed by atoms with Gasteiger partial charge in [0.25, 0.3) is 0 Å². The van der Waals surface area contributed by atoms with Gasteiger partial charge in [0.2, 0.25) is 0 Å². The average Bonchev–Trinajstić information content (AvgIpc) is 2.58. The van der Waals surface area contributed by atoms with Crippen molar-refractivity contribution in [1.29, 1.82) is 0 Å². The maximum atomic E-state index is 12.0. The van der Waals surface area contributed by atoms with Crippen LogP contribution in [0, 0.1) is 5.92 Å². The number of hydrogen-bond acceptors (Lipinski definition) is 5. The van der Waals surface area contributed by atoms with Crippen LogP contribution in [0.2, 0.25) is 0 Å². The zero-order chi connectivity index (χ0) is 20.5. The van der Waals surface area contributed by atoms with E-state index in [0.717, 1.165) is 19.4 Å². The van der Waals surface area contributed by atoms with Crippen molar-refractivity contribution in [1.82, 2.24) is 9.80 Å². The van der Waals surface area contributed by atoms with E-state index in [1.807, 2.05) is 32.6 Å². The normalized spacial score (nSPS) is 10.8. The fourth-order valence-electron chi connectivity index (χ4n) is 2.49. The first kappa shape index (κ1) is 27.2. The molecule has 0 unspecified atom stereocenters. The van der Waals surface area contributed by atoms with Crippen molar-refractivity contribution < 1.29 is 14.4 Å². The quantitative estimate of drug-likeness (QED) is 0.441. The molecule has 0 saturated heterocycles. The van der Waals surface area contributed by atoms with Crippen molar-refractivity contribution in [3.8, 4) is 0 Å². The smallest absolute Gasteiger partial charge is 0.146 e. The lowest BCUT2D eigenvalue weighted by Crippen LogP contribution is -2.42. The highest BCUT2D eigenvalue weighted by molar-refractivity contribution is 5.82. The van der Waals surface area contributed by atoms with E-state index in [9.17, 15) is 14.4 Å². The van der Waals surface area contributed by atoms with Crippen LogP contribution in [0.1, 0.15) is 74.1 Å². The van der Waals surface area contributed by atoms with Crippen LogP contribution in [-0.4, -0.2) is 66.4 Å². The van der Waals surface area contributed by atoms with Crippen molar-refractivity contribution in [3.05, 3.63) is 0 Å². The molecule has 0 spiro atoms. The van der Waals surface area contributed by atoms with Gasteiger partial charge < -0.3 is 0 Å². The molecule has 0 bridgehead atoms. The molecule has 0 aromatic carbocycles. The molecule has 0 heterocycles. The Morgan fingerprint density at radius 3 is 1.81 bits per heavy atom. The van der Waals surface area contributed by atoms with Crippen molar-refractivity contribution in [2.24, 2.45) is 5.92 Å². The standard InChI is InChI=1S/C19H36N2O3.C2H6/c1-6-8-19(24)15-20(10-9-16(3)4)11-12-21(13-17(5)22)14-18(23)7-2;1-2/h16H,6-15H2,1-5H3;1-2H3. The molecule has 0 aromatic rings. The lowest BCUT2D eigenvalue weighted by molar-refractivity contribution is -0.123. The lowest BCUT2D eigenvalue weighted by Gasteiger charge is -2.27. The van der Waals surface area contributed by atoms with E-state index in [-0.39, 0.29) is 17.3 Å². The summed E-state index contributed by atoms with van der Waals surface area (Å²) < 4.78 is 0. The summed E-state index contributed by atoms with van der Waals surface area (Å²) in [6, 6.07) is 0. The van der Waals surface area contributed by atoms with Gasteiger partial charge in [-0.25, -0.2) is 0 Å². The minimum Gasteiger partial charge on any atom is -0.299 e. The second kappa shape index (κ2) is 17.3. The number of hydrogen-bond donors (Lipinski definition) is 0. The van der Waals surface area contributed by atoms with Gasteiger partial charge in [0.05, 0.1) is 19.6 Å². The highest BCUT2D eigenvalue weighted by atomic mass is 16.1. The Kier molecular flexibility index (Phi) is 18.1. The topological polar surface area (TPSA) is 57.7 Å². The molecule has 5 nitrogen and oxygen atoms in total. The number of carbonyl (C=O) groups is 3. The molecule has 0 amide bonds. The number of nitrogens with zero attached hydrogens (tertiary/aromatic N) is 2. The zero-order valence-corrected chi connectivity index (χ0v) is 18.3. The van der Waals surface area contributed by atoms with Gasteiger partial charge in [0, 0.05) is 25.9 Å². The van der Waals surface area contributed by atoms with Crippen LogP contribution in [0.5, 0.6) is 0 Å². The Balaban J connectivity index is 0. The first-order valence-corrected chi connectivity index (χ1v) is 10.3. The number of rotatable bonds is 15. The summed E-state index contributed by atoms with van der Waals surface area (Å²) >= 11 is 0. The SMILES string of the molecule is CC.CCCC(=O)CN(CCC(C)C)CCN(CC(C)=O)CC(=O)CC. The molecule has 0 aliphatic carbocycles. The van der Waals surface area contributed by atoms with Crippen LogP contribution in [0.3, 0.4) is 0 Å². The number of Topliss-reactive ketones (excluding diaryl/α,β-unsaturated/α-hetero) is 3. The second-order valence-corrected chi connectivity index (χ2v) is 7.05. The maximum absolute atomic E-state index is 12.0. The van der Waals surface area contributed by atoms with Gasteiger partial charge in [-0.05, 0) is 32.2 Å². The molecule has 26 heavy (non-hydrogen) atoms. The van der Waals surface area contributed by atoms with Crippen LogP contribution in [-0.2, 0) is 14.4 Å². The van der Waals surface area contributed by atoms with Crippen LogP contribution >= 0.6 is 0 Å². The van der Waals surface area contributed by atoms with Crippen LogP contribution in [0.4, 0.5) is 0 Å². The van der Waals surface area contributed by atoms with Crippen molar-refractivity contribution >= 4 is 17.3 Å². The molecule has 0 aliphatic rings. The number of ketones is 3. The van der Waals surface area contributed by atoms with Gasteiger partial charge in [0.1, 0.15) is 17.3 Å². The van der Waals surface area contributed by atoms with Gasteiger partial charge >= 0.3 is 0 Å². The van der Waals surface area contributed by atoms with E-state index in [2.05, 4.69) is 18.7 Å². The van der Waals surface area contributed by atoms with Crippen LogP contribution in [0.25, 0.3) is 0 Å². The molecule has 0 aliphatic heterocycles. The minimum atomic E-state index is 0.0645. The molecule has 5 heteroatoms. The van der Waals surface area contributed by atoms with Gasteiger partial charge in [-0.1, -0.05) is 41.5 Å². The van der Waals surface area contributed by atoms with E-state index >= 15 is 0 Å². The summed E-state index contributed by atoms with van der Waals surface area (Å²) in [6.07, 6.45) is 3.02. The minimum absolute atomic E-state index is 0.0645. The van der Waals surface area contributed by atoms with Crippen LogP contribution < -0.4 is 0 Å². The summed E-state index contributed by atoms with van der Waals surface area (Å²) in [6.45, 7) is 17.1. The lowest BCUT2D eigenvalue weighted by atomic mass is 10.1. The molecule has 0 atom stereocenters. The van der Waals surface area contributed by atoms with E-state index in [1.165, 1.54) is 0 Å². The van der Waals surface area contributed by atoms with Crippen molar-refractivity contribution in [2.75, 3.05) is 39.3 Å². The predicted octanol–water partition coefficient (Wildman–Crippen LogP) is 3.60. The Morgan fingerprint density at radius 2 is 1.35 bits per heavy atom. The first-order chi connectivity index (χ1) is 12.3. The van der Waals surface area contributed by atoms with E-state index in [0.29, 0.717) is 51.5 Å². The van der Waals surface area contributed by atoms with Gasteiger partial charge in [-0.2, -0.15) is 0 Å². The predicted molar refractivity (Wildman–Crippen MR) is 110 cm³/mol. The summed E-state index contributed by atoms with van der Waals surface area (Å²) in [4.78, 5) is 39.2. The zero-order valence-electron chi connectivity index (χ0n) is 18.3. The summed E-state index contributed by atoms with van der Waals surface area (Å²) in [5.41, 5.74) is 0. The second-order valence-electron chi connectivity index (χ2n) is 7.05. The monoisotopic (exact) mass is 370 g/mol. The number of carbonyl (C=O) groups excluding carboxylic acids is 3. The largest absolute Gasteiger partial charge is 0.299 e. The van der Waals surface area contributed by atoms with E-state index < -0.39 is 0 Å². The molecule has 154 valence electrons. The Morgan fingerprint density at radius 1 is 0.808 bits per heavy atom. The Bertz CT molecular complexity index is 395. The molecule has 0 fully saturated rings. The van der Waals surface area contributed by atoms with Crippen molar-refractivity contribution in [2.45, 2.75) is 74.1 Å². The van der Waals surface area contributed by atoms with E-state index in [4.69, 9.17) is 0 Å². The third-order valence-corrected chi connectivity index (χ3v) is 3.92. The highest BCUT2D eigenvalue weighted by Gasteiger charge is 2.15. The molecular formula is C21H42N2O3. The fourth-order valence-corrected chi connectivity index (χ4v) is 2.49. The highest BCUT2D eigenvalue weighted by Crippen LogP contribution is 2.04. The maximum Gasteiger partial charge on any atom is 0.146 e. The van der Waals surface area contributed by atoms with Crippen LogP contribution in [0.15, 0.2) is 0 Å². The Hall–Kier alpha value is -1.07. The third kappa shape index (κ3) is 16.4. The van der Waals surface area contributed by atoms with Crippen molar-refractivity contribution in [3.63, 3.8) is 0 Å². The first-order valence-electron chi connectivity index (χ1n) is 10.3. The summed E-state index contributed by atoms with van der Waals surface area (Å²) in [5, 5.41) is 0. The van der Waals surface area contributed by atoms with Gasteiger partial charge in [-0.3, -0.25) is 24.2 Å². The molecule has 0 aromatic heterocycles. The van der Waals surface area contributed by atoms with Gasteiger partial charge in [-0.15, -0.1) is 0 Å². The van der Waals surface area contributed by atoms with Gasteiger partial charge in [0.15, 0.2) is 0 Å². The van der Waals surface area contributed by atoms with E-state index in [1.54, 1.807) is 6.92 Å². The average molecular weight is 371 g/mol. The summed E-state index contributed by atoms with van der Waals surface area (Å²) in [7, 11) is 0.